The molecule has 0 heterocycles. The molecule has 2 aromatic carbocycles. The van der Waals surface area contributed by atoms with Gasteiger partial charge in [0, 0.05) is 12.8 Å². The summed E-state index contributed by atoms with van der Waals surface area (Å²) in [5.74, 6) is 0.761. The van der Waals surface area contributed by atoms with E-state index in [1.807, 2.05) is 0 Å². The van der Waals surface area contributed by atoms with E-state index in [-0.39, 0.29) is 0 Å². The average molecular weight is 351 g/mol. The van der Waals surface area contributed by atoms with Crippen LogP contribution < -0.4 is 0 Å². The molecule has 1 nitrogen and oxygen atoms in total. The lowest BCUT2D eigenvalue weighted by atomic mass is 9.87. The zero-order chi connectivity index (χ0) is 18.6. The van der Waals surface area contributed by atoms with E-state index in [9.17, 15) is 4.79 Å². The summed E-state index contributed by atoms with van der Waals surface area (Å²) in [6.45, 7) is 4.40. The SMILES string of the molecule is CCCCCCC(=O)CC(CCc1ccc(CC)cc1)c1ccccc1. The molecule has 0 aliphatic carbocycles. The second-order valence-electron chi connectivity index (χ2n) is 7.37. The highest BCUT2D eigenvalue weighted by atomic mass is 16.1. The molecule has 1 atom stereocenters. The molecule has 2 rings (SSSR count). The van der Waals surface area contributed by atoms with E-state index in [0.717, 1.165) is 32.1 Å². The number of hydrogen-bond donors (Lipinski definition) is 0. The lowest BCUT2D eigenvalue weighted by Gasteiger charge is -2.17. The predicted molar refractivity (Wildman–Crippen MR) is 112 cm³/mol. The molecule has 0 aromatic heterocycles. The average Bonchev–Trinajstić information content (AvgIpc) is 2.69. The van der Waals surface area contributed by atoms with Gasteiger partial charge < -0.3 is 0 Å². The Kier molecular flexibility index (Phi) is 9.17. The molecular formula is C25H34O. The highest BCUT2D eigenvalue weighted by Gasteiger charge is 2.16. The number of hydrogen-bond acceptors (Lipinski definition) is 1. The van der Waals surface area contributed by atoms with Gasteiger partial charge in [-0.3, -0.25) is 4.79 Å². The van der Waals surface area contributed by atoms with E-state index in [2.05, 4.69) is 68.4 Å². The summed E-state index contributed by atoms with van der Waals surface area (Å²) in [7, 11) is 0. The maximum absolute atomic E-state index is 12.5. The molecule has 2 aromatic rings. The molecule has 0 spiro atoms. The van der Waals surface area contributed by atoms with Crippen molar-refractivity contribution in [2.24, 2.45) is 0 Å². The Morgan fingerprint density at radius 1 is 0.846 bits per heavy atom. The van der Waals surface area contributed by atoms with Crippen LogP contribution in [0.3, 0.4) is 0 Å². The fourth-order valence-electron chi connectivity index (χ4n) is 3.52. The first-order valence-electron chi connectivity index (χ1n) is 10.4. The zero-order valence-electron chi connectivity index (χ0n) is 16.5. The standard InChI is InChI=1S/C25H34O/c1-3-5-6-10-13-25(26)20-24(23-11-8-7-9-12-23)19-18-22-16-14-21(4-2)15-17-22/h7-9,11-12,14-17,24H,3-6,10,13,18-20H2,1-2H3. The van der Waals surface area contributed by atoms with Crippen molar-refractivity contribution in [2.45, 2.75) is 77.6 Å². The number of aryl methyl sites for hydroxylation is 2. The number of ketones is 1. The largest absolute Gasteiger partial charge is 0.300 e. The lowest BCUT2D eigenvalue weighted by molar-refractivity contribution is -0.119. The highest BCUT2D eigenvalue weighted by molar-refractivity contribution is 5.79. The smallest absolute Gasteiger partial charge is 0.133 e. The van der Waals surface area contributed by atoms with Crippen LogP contribution >= 0.6 is 0 Å². The topological polar surface area (TPSA) is 17.1 Å². The van der Waals surface area contributed by atoms with Crippen molar-refractivity contribution in [3.8, 4) is 0 Å². The molecule has 0 saturated heterocycles. The Morgan fingerprint density at radius 3 is 2.19 bits per heavy atom. The molecule has 1 unspecified atom stereocenters. The quantitative estimate of drug-likeness (QED) is 0.381. The van der Waals surface area contributed by atoms with Crippen molar-refractivity contribution in [2.75, 3.05) is 0 Å². The van der Waals surface area contributed by atoms with Gasteiger partial charge in [0.15, 0.2) is 0 Å². The number of rotatable bonds is 12. The van der Waals surface area contributed by atoms with Crippen LogP contribution in [0.5, 0.6) is 0 Å². The summed E-state index contributed by atoms with van der Waals surface area (Å²) in [6, 6.07) is 19.5. The van der Waals surface area contributed by atoms with E-state index in [1.54, 1.807) is 0 Å². The number of benzene rings is 2. The Bertz CT molecular complexity index is 627. The number of carbonyl (C=O) groups excluding carboxylic acids is 1. The van der Waals surface area contributed by atoms with E-state index < -0.39 is 0 Å². The van der Waals surface area contributed by atoms with Gasteiger partial charge in [0.05, 0.1) is 0 Å². The maximum atomic E-state index is 12.5. The van der Waals surface area contributed by atoms with Gasteiger partial charge in [-0.25, -0.2) is 0 Å². The summed E-state index contributed by atoms with van der Waals surface area (Å²) in [5.41, 5.74) is 4.06. The van der Waals surface area contributed by atoms with Gasteiger partial charge in [-0.1, -0.05) is 87.7 Å². The third-order valence-electron chi connectivity index (χ3n) is 5.27. The van der Waals surface area contributed by atoms with E-state index >= 15 is 0 Å². The molecule has 0 fully saturated rings. The van der Waals surface area contributed by atoms with Crippen LogP contribution in [0.2, 0.25) is 0 Å². The Morgan fingerprint density at radius 2 is 1.54 bits per heavy atom. The molecule has 0 saturated carbocycles. The first kappa shape index (κ1) is 20.4. The number of unbranched alkanes of at least 4 members (excludes halogenated alkanes) is 3. The minimum absolute atomic E-state index is 0.334. The monoisotopic (exact) mass is 350 g/mol. The third kappa shape index (κ3) is 7.15. The summed E-state index contributed by atoms with van der Waals surface area (Å²) in [5, 5.41) is 0. The van der Waals surface area contributed by atoms with E-state index in [4.69, 9.17) is 0 Å². The summed E-state index contributed by atoms with van der Waals surface area (Å²) in [6.07, 6.45) is 9.27. The lowest BCUT2D eigenvalue weighted by Crippen LogP contribution is -2.08. The molecule has 0 amide bonds. The normalized spacial score (nSPS) is 12.1. The first-order chi connectivity index (χ1) is 12.7. The number of Topliss-reactive ketones (excluding diaryl/α,β-unsaturated/α-hetero) is 1. The van der Waals surface area contributed by atoms with Gasteiger partial charge in [0.2, 0.25) is 0 Å². The van der Waals surface area contributed by atoms with Gasteiger partial charge in [-0.05, 0) is 48.3 Å². The van der Waals surface area contributed by atoms with Crippen LogP contribution in [0.1, 0.15) is 81.4 Å². The van der Waals surface area contributed by atoms with Crippen LogP contribution in [-0.4, -0.2) is 5.78 Å². The Hall–Kier alpha value is -1.89. The van der Waals surface area contributed by atoms with Crippen LogP contribution in [0, 0.1) is 0 Å². The first-order valence-corrected chi connectivity index (χ1v) is 10.4. The predicted octanol–water partition coefficient (Wildman–Crippen LogP) is 6.90. The van der Waals surface area contributed by atoms with Gasteiger partial charge in [-0.15, -0.1) is 0 Å². The molecular weight excluding hydrogens is 316 g/mol. The highest BCUT2D eigenvalue weighted by Crippen LogP contribution is 2.26. The molecule has 140 valence electrons. The van der Waals surface area contributed by atoms with Crippen molar-refractivity contribution in [3.05, 3.63) is 71.3 Å². The molecule has 0 bridgehead atoms. The summed E-state index contributed by atoms with van der Waals surface area (Å²) < 4.78 is 0. The molecule has 1 heteroatoms. The van der Waals surface area contributed by atoms with Crippen molar-refractivity contribution in [3.63, 3.8) is 0 Å². The van der Waals surface area contributed by atoms with Gasteiger partial charge >= 0.3 is 0 Å². The molecule has 0 aliphatic rings. The summed E-state index contributed by atoms with van der Waals surface area (Å²) in [4.78, 5) is 12.5. The van der Waals surface area contributed by atoms with Crippen molar-refractivity contribution in [1.82, 2.24) is 0 Å². The Labute approximate surface area is 159 Å². The maximum Gasteiger partial charge on any atom is 0.133 e. The fourth-order valence-corrected chi connectivity index (χ4v) is 3.52. The van der Waals surface area contributed by atoms with Crippen LogP contribution in [-0.2, 0) is 17.6 Å². The van der Waals surface area contributed by atoms with E-state index in [0.29, 0.717) is 18.1 Å². The minimum atomic E-state index is 0.334. The van der Waals surface area contributed by atoms with Crippen LogP contribution in [0.4, 0.5) is 0 Å². The van der Waals surface area contributed by atoms with Crippen LogP contribution in [0.15, 0.2) is 54.6 Å². The van der Waals surface area contributed by atoms with Crippen LogP contribution in [0.25, 0.3) is 0 Å². The zero-order valence-corrected chi connectivity index (χ0v) is 16.5. The van der Waals surface area contributed by atoms with E-state index in [1.165, 1.54) is 36.0 Å². The molecule has 0 aliphatic heterocycles. The second-order valence-corrected chi connectivity index (χ2v) is 7.37. The van der Waals surface area contributed by atoms with Crippen molar-refractivity contribution >= 4 is 5.78 Å². The van der Waals surface area contributed by atoms with Gasteiger partial charge in [0.1, 0.15) is 5.78 Å². The molecule has 0 N–H and O–H groups in total. The molecule has 26 heavy (non-hydrogen) atoms. The minimum Gasteiger partial charge on any atom is -0.300 e. The van der Waals surface area contributed by atoms with Gasteiger partial charge in [0.25, 0.3) is 0 Å². The van der Waals surface area contributed by atoms with Crippen molar-refractivity contribution < 1.29 is 4.79 Å². The second kappa shape index (κ2) is 11.7. The van der Waals surface area contributed by atoms with Gasteiger partial charge in [-0.2, -0.15) is 0 Å². The summed E-state index contributed by atoms with van der Waals surface area (Å²) >= 11 is 0. The Balaban J connectivity index is 1.94. The molecule has 0 radical (unpaired) electrons. The fraction of sp³-hybridized carbons (Fsp3) is 0.480. The number of carbonyl (C=O) groups is 1. The third-order valence-corrected chi connectivity index (χ3v) is 5.27. The van der Waals surface area contributed by atoms with Crippen molar-refractivity contribution in [1.29, 1.82) is 0 Å².